The smallest absolute Gasteiger partial charge is 0.264 e. The van der Waals surface area contributed by atoms with E-state index in [0.29, 0.717) is 11.6 Å². The molecule has 9 heteroatoms. The number of aryl methyl sites for hydroxylation is 2. The Kier molecular flexibility index (Phi) is 8.69. The number of sulfonamides is 1. The first-order valence-electron chi connectivity index (χ1n) is 12.2. The second kappa shape index (κ2) is 12.1. The van der Waals surface area contributed by atoms with E-state index in [0.717, 1.165) is 21.0 Å². The number of halogens is 1. The number of amides is 2. The van der Waals surface area contributed by atoms with Gasteiger partial charge in [0.2, 0.25) is 5.91 Å². The van der Waals surface area contributed by atoms with E-state index in [2.05, 4.69) is 10.6 Å². The van der Waals surface area contributed by atoms with Crippen molar-refractivity contribution in [2.24, 2.45) is 0 Å². The number of benzene rings is 4. The van der Waals surface area contributed by atoms with Gasteiger partial charge < -0.3 is 10.6 Å². The van der Waals surface area contributed by atoms with Gasteiger partial charge in [-0.25, -0.2) is 8.42 Å². The molecule has 2 amide bonds. The number of hydrogen-bond donors (Lipinski definition) is 2. The molecule has 4 rings (SSSR count). The molecule has 39 heavy (non-hydrogen) atoms. The highest BCUT2D eigenvalue weighted by Gasteiger charge is 2.28. The Morgan fingerprint density at radius 2 is 1.51 bits per heavy atom. The Balaban J connectivity index is 1.58. The number of nitrogens with zero attached hydrogens (tertiary/aromatic N) is 1. The van der Waals surface area contributed by atoms with Crippen LogP contribution in [0, 0.1) is 13.8 Å². The van der Waals surface area contributed by atoms with Crippen molar-refractivity contribution in [3.8, 4) is 0 Å². The van der Waals surface area contributed by atoms with Crippen LogP contribution in [-0.4, -0.2) is 26.8 Å². The largest absolute Gasteiger partial charge is 0.348 e. The predicted octanol–water partition coefficient (Wildman–Crippen LogP) is 5.72. The molecule has 0 saturated carbocycles. The average Bonchev–Trinajstić information content (AvgIpc) is 2.93. The Bertz CT molecular complexity index is 1590. The standard InChI is InChI=1S/C30H28ClN3O4S/c1-21-12-16-25(17-13-21)39(37,38)34(24-15-14-22(2)27(31)18-24)20-29(35)33-28-11-7-6-10-26(28)30(36)32-19-23-8-4-3-5-9-23/h3-18H,19-20H2,1-2H3,(H,32,36)(H,33,35). The van der Waals surface area contributed by atoms with Crippen molar-refractivity contribution in [3.05, 3.63) is 124 Å². The second-order valence-electron chi connectivity index (χ2n) is 9.02. The van der Waals surface area contributed by atoms with Crippen LogP contribution in [0.1, 0.15) is 27.0 Å². The number of carbonyl (C=O) groups is 2. The van der Waals surface area contributed by atoms with Crippen molar-refractivity contribution in [1.29, 1.82) is 0 Å². The summed E-state index contributed by atoms with van der Waals surface area (Å²) in [7, 11) is -4.12. The Hall–Kier alpha value is -4.14. The first-order chi connectivity index (χ1) is 18.6. The number of rotatable bonds is 9. The van der Waals surface area contributed by atoms with Crippen molar-refractivity contribution in [2.45, 2.75) is 25.3 Å². The van der Waals surface area contributed by atoms with Gasteiger partial charge in [0.05, 0.1) is 21.8 Å². The van der Waals surface area contributed by atoms with Crippen molar-refractivity contribution in [3.63, 3.8) is 0 Å². The van der Waals surface area contributed by atoms with Crippen LogP contribution >= 0.6 is 11.6 Å². The number of carbonyl (C=O) groups excluding carboxylic acids is 2. The summed E-state index contributed by atoms with van der Waals surface area (Å²) in [4.78, 5) is 26.2. The SMILES string of the molecule is Cc1ccc(S(=O)(=O)N(CC(=O)Nc2ccccc2C(=O)NCc2ccccc2)c2ccc(C)c(Cl)c2)cc1. The molecule has 0 unspecified atom stereocenters. The van der Waals surface area contributed by atoms with Gasteiger partial charge in [-0.05, 0) is 61.4 Å². The molecule has 0 saturated heterocycles. The van der Waals surface area contributed by atoms with Crippen LogP contribution in [0.5, 0.6) is 0 Å². The van der Waals surface area contributed by atoms with Gasteiger partial charge in [0.1, 0.15) is 6.54 Å². The summed E-state index contributed by atoms with van der Waals surface area (Å²) < 4.78 is 28.3. The summed E-state index contributed by atoms with van der Waals surface area (Å²) in [6.07, 6.45) is 0. The first-order valence-corrected chi connectivity index (χ1v) is 14.0. The van der Waals surface area contributed by atoms with Crippen molar-refractivity contribution >= 4 is 44.8 Å². The van der Waals surface area contributed by atoms with Crippen LogP contribution < -0.4 is 14.9 Å². The molecule has 0 aliphatic carbocycles. The normalized spacial score (nSPS) is 11.1. The zero-order chi connectivity index (χ0) is 28.0. The van der Waals surface area contributed by atoms with Gasteiger partial charge in [-0.3, -0.25) is 13.9 Å². The third-order valence-electron chi connectivity index (χ3n) is 6.08. The quantitative estimate of drug-likeness (QED) is 0.273. The van der Waals surface area contributed by atoms with Gasteiger partial charge in [-0.1, -0.05) is 77.8 Å². The van der Waals surface area contributed by atoms with Crippen LogP contribution in [0.2, 0.25) is 5.02 Å². The zero-order valence-electron chi connectivity index (χ0n) is 21.5. The highest BCUT2D eigenvalue weighted by molar-refractivity contribution is 7.92. The molecule has 0 aliphatic heterocycles. The predicted molar refractivity (Wildman–Crippen MR) is 155 cm³/mol. The molecular formula is C30H28ClN3O4S. The summed E-state index contributed by atoms with van der Waals surface area (Å²) in [6.45, 7) is 3.44. The van der Waals surface area contributed by atoms with Crippen LogP contribution in [0.3, 0.4) is 0 Å². The molecule has 0 heterocycles. The number of nitrogens with one attached hydrogen (secondary N) is 2. The molecule has 0 aromatic heterocycles. The summed E-state index contributed by atoms with van der Waals surface area (Å²) in [5.41, 5.74) is 3.37. The Morgan fingerprint density at radius 3 is 2.21 bits per heavy atom. The van der Waals surface area contributed by atoms with E-state index in [9.17, 15) is 18.0 Å². The maximum Gasteiger partial charge on any atom is 0.264 e. The second-order valence-corrected chi connectivity index (χ2v) is 11.3. The van der Waals surface area contributed by atoms with E-state index < -0.39 is 22.5 Å². The zero-order valence-corrected chi connectivity index (χ0v) is 23.1. The fraction of sp³-hybridized carbons (Fsp3) is 0.133. The lowest BCUT2D eigenvalue weighted by atomic mass is 10.1. The van der Waals surface area contributed by atoms with E-state index in [4.69, 9.17) is 11.6 Å². The summed E-state index contributed by atoms with van der Waals surface area (Å²) in [5.74, 6) is -0.991. The van der Waals surface area contributed by atoms with E-state index in [-0.39, 0.29) is 27.7 Å². The minimum Gasteiger partial charge on any atom is -0.348 e. The third kappa shape index (κ3) is 6.85. The number of anilines is 2. The van der Waals surface area contributed by atoms with Gasteiger partial charge >= 0.3 is 0 Å². The molecule has 0 fully saturated rings. The van der Waals surface area contributed by atoms with Gasteiger partial charge in [0.15, 0.2) is 0 Å². The minimum absolute atomic E-state index is 0.0401. The van der Waals surface area contributed by atoms with Crippen molar-refractivity contribution < 1.29 is 18.0 Å². The average molecular weight is 562 g/mol. The van der Waals surface area contributed by atoms with Gasteiger partial charge in [0.25, 0.3) is 15.9 Å². The maximum absolute atomic E-state index is 13.7. The molecule has 4 aromatic rings. The fourth-order valence-corrected chi connectivity index (χ4v) is 5.46. The van der Waals surface area contributed by atoms with Crippen LogP contribution in [0.4, 0.5) is 11.4 Å². The van der Waals surface area contributed by atoms with Crippen LogP contribution in [0.15, 0.2) is 102 Å². The lowest BCUT2D eigenvalue weighted by molar-refractivity contribution is -0.114. The van der Waals surface area contributed by atoms with Crippen molar-refractivity contribution in [1.82, 2.24) is 5.32 Å². The van der Waals surface area contributed by atoms with Gasteiger partial charge in [-0.2, -0.15) is 0 Å². The number of hydrogen-bond acceptors (Lipinski definition) is 4. The topological polar surface area (TPSA) is 95.6 Å². The molecule has 4 aromatic carbocycles. The molecule has 0 bridgehead atoms. The van der Waals surface area contributed by atoms with E-state index in [1.54, 1.807) is 55.5 Å². The highest BCUT2D eigenvalue weighted by atomic mass is 35.5. The molecule has 0 aliphatic rings. The fourth-order valence-electron chi connectivity index (χ4n) is 3.87. The number of para-hydroxylation sites is 1. The van der Waals surface area contributed by atoms with Crippen LogP contribution in [-0.2, 0) is 21.4 Å². The summed E-state index contributed by atoms with van der Waals surface area (Å²) in [6, 6.07) is 27.2. The molecule has 200 valence electrons. The lowest BCUT2D eigenvalue weighted by Crippen LogP contribution is -2.38. The monoisotopic (exact) mass is 561 g/mol. The maximum atomic E-state index is 13.7. The molecule has 0 spiro atoms. The van der Waals surface area contributed by atoms with Gasteiger partial charge in [0, 0.05) is 11.6 Å². The molecule has 2 N–H and O–H groups in total. The molecule has 7 nitrogen and oxygen atoms in total. The first kappa shape index (κ1) is 27.9. The Labute approximate surface area is 233 Å². The van der Waals surface area contributed by atoms with E-state index >= 15 is 0 Å². The summed E-state index contributed by atoms with van der Waals surface area (Å²) in [5, 5.41) is 5.93. The Morgan fingerprint density at radius 1 is 0.846 bits per heavy atom. The molecule has 0 atom stereocenters. The third-order valence-corrected chi connectivity index (χ3v) is 8.28. The molecule has 0 radical (unpaired) electrons. The highest BCUT2D eigenvalue weighted by Crippen LogP contribution is 2.28. The van der Waals surface area contributed by atoms with Crippen LogP contribution in [0.25, 0.3) is 0 Å². The minimum atomic E-state index is -4.12. The summed E-state index contributed by atoms with van der Waals surface area (Å²) >= 11 is 6.30. The van der Waals surface area contributed by atoms with E-state index in [1.165, 1.54) is 18.2 Å². The van der Waals surface area contributed by atoms with E-state index in [1.807, 2.05) is 37.3 Å². The van der Waals surface area contributed by atoms with Crippen molar-refractivity contribution in [2.75, 3.05) is 16.2 Å². The lowest BCUT2D eigenvalue weighted by Gasteiger charge is -2.25. The molecular weight excluding hydrogens is 534 g/mol. The van der Waals surface area contributed by atoms with Gasteiger partial charge in [-0.15, -0.1) is 0 Å².